The van der Waals surface area contributed by atoms with Crippen molar-refractivity contribution in [2.75, 3.05) is 18.4 Å². The topological polar surface area (TPSA) is 79.4 Å². The molecule has 1 saturated heterocycles. The predicted octanol–water partition coefficient (Wildman–Crippen LogP) is 4.27. The molecule has 3 aromatic rings. The lowest BCUT2D eigenvalue weighted by atomic mass is 10.1. The number of aryl methyl sites for hydroxylation is 3. The fourth-order valence-electron chi connectivity index (χ4n) is 3.66. The number of hydrogen-bond donors (Lipinski definition) is 1. The number of hydrogen-bond acceptors (Lipinski definition) is 5. The summed E-state index contributed by atoms with van der Waals surface area (Å²) in [5, 5.41) is 3.51. The lowest BCUT2D eigenvalue weighted by Gasteiger charge is -2.15. The molecule has 1 aliphatic rings. The molecule has 0 unspecified atom stereocenters. The molecule has 2 aromatic carbocycles. The molecule has 1 N–H and O–H groups in total. The van der Waals surface area contributed by atoms with Gasteiger partial charge in [-0.05, 0) is 61.9 Å². The second kappa shape index (κ2) is 8.45. The van der Waals surface area contributed by atoms with Gasteiger partial charge < -0.3 is 5.32 Å². The number of aromatic nitrogens is 1. The van der Waals surface area contributed by atoms with Crippen molar-refractivity contribution in [2.45, 2.75) is 44.4 Å². The van der Waals surface area contributed by atoms with Crippen molar-refractivity contribution in [2.24, 2.45) is 0 Å². The average molecular weight is 444 g/mol. The fourth-order valence-corrected chi connectivity index (χ4v) is 6.20. The SMILES string of the molecule is Cc1ccc(C)c2sc(NC(=O)CCc3ccc(S(=O)(=O)N4CCCC4)cc3)nc12. The van der Waals surface area contributed by atoms with E-state index in [1.807, 2.05) is 19.9 Å². The largest absolute Gasteiger partial charge is 0.302 e. The van der Waals surface area contributed by atoms with Gasteiger partial charge in [-0.3, -0.25) is 4.79 Å². The van der Waals surface area contributed by atoms with Crippen LogP contribution in [0.1, 0.15) is 36.0 Å². The molecule has 1 aliphatic heterocycles. The zero-order valence-corrected chi connectivity index (χ0v) is 18.8. The molecule has 0 aliphatic carbocycles. The Labute approximate surface area is 181 Å². The first-order chi connectivity index (χ1) is 14.3. The van der Waals surface area contributed by atoms with Crippen LogP contribution in [0.25, 0.3) is 10.2 Å². The van der Waals surface area contributed by atoms with Crippen LogP contribution in [0.2, 0.25) is 0 Å². The second-order valence-electron chi connectivity index (χ2n) is 7.70. The third-order valence-electron chi connectivity index (χ3n) is 5.46. The molecule has 30 heavy (non-hydrogen) atoms. The van der Waals surface area contributed by atoms with Gasteiger partial charge in [0.05, 0.1) is 15.1 Å². The minimum absolute atomic E-state index is 0.0990. The van der Waals surface area contributed by atoms with E-state index in [-0.39, 0.29) is 5.91 Å². The van der Waals surface area contributed by atoms with Crippen molar-refractivity contribution in [3.05, 3.63) is 53.1 Å². The highest BCUT2D eigenvalue weighted by molar-refractivity contribution is 7.89. The van der Waals surface area contributed by atoms with Gasteiger partial charge in [-0.1, -0.05) is 35.6 Å². The summed E-state index contributed by atoms with van der Waals surface area (Å²) in [4.78, 5) is 17.3. The lowest BCUT2D eigenvalue weighted by molar-refractivity contribution is -0.116. The van der Waals surface area contributed by atoms with E-state index in [2.05, 4.69) is 16.4 Å². The van der Waals surface area contributed by atoms with Crippen LogP contribution in [0, 0.1) is 13.8 Å². The highest BCUT2D eigenvalue weighted by atomic mass is 32.2. The summed E-state index contributed by atoms with van der Waals surface area (Å²) >= 11 is 1.49. The van der Waals surface area contributed by atoms with E-state index in [0.717, 1.165) is 39.7 Å². The fraction of sp³-hybridized carbons (Fsp3) is 0.364. The molecule has 158 valence electrons. The van der Waals surface area contributed by atoms with Gasteiger partial charge in [-0.2, -0.15) is 4.31 Å². The van der Waals surface area contributed by atoms with E-state index in [9.17, 15) is 13.2 Å². The molecule has 0 bridgehead atoms. The standard InChI is InChI=1S/C22H25N3O3S2/c1-15-5-6-16(2)21-20(15)24-22(29-21)23-19(26)12-9-17-7-10-18(11-8-17)30(27,28)25-13-3-4-14-25/h5-8,10-11H,3-4,9,12-14H2,1-2H3,(H,23,24,26). The van der Waals surface area contributed by atoms with Crippen LogP contribution < -0.4 is 5.32 Å². The molecule has 0 saturated carbocycles. The van der Waals surface area contributed by atoms with Gasteiger partial charge in [0, 0.05) is 19.5 Å². The van der Waals surface area contributed by atoms with Crippen LogP contribution in [-0.4, -0.2) is 36.7 Å². The Morgan fingerprint density at radius 1 is 1.07 bits per heavy atom. The number of nitrogens with one attached hydrogen (secondary N) is 1. The number of thiazole rings is 1. The highest BCUT2D eigenvalue weighted by Gasteiger charge is 2.26. The van der Waals surface area contributed by atoms with E-state index >= 15 is 0 Å². The van der Waals surface area contributed by atoms with E-state index in [1.165, 1.54) is 15.6 Å². The summed E-state index contributed by atoms with van der Waals surface area (Å²) in [6.07, 6.45) is 2.69. The van der Waals surface area contributed by atoms with Crippen molar-refractivity contribution < 1.29 is 13.2 Å². The van der Waals surface area contributed by atoms with Crippen molar-refractivity contribution in [3.63, 3.8) is 0 Å². The molecule has 1 fully saturated rings. The number of carbonyl (C=O) groups excluding carboxylic acids is 1. The Morgan fingerprint density at radius 2 is 1.73 bits per heavy atom. The molecule has 4 rings (SSSR count). The minimum atomic E-state index is -3.40. The molecule has 0 atom stereocenters. The summed E-state index contributed by atoms with van der Waals surface area (Å²) in [6, 6.07) is 11.0. The van der Waals surface area contributed by atoms with Gasteiger partial charge in [0.1, 0.15) is 0 Å². The summed E-state index contributed by atoms with van der Waals surface area (Å²) in [5.41, 5.74) is 4.11. The number of carbonyl (C=O) groups is 1. The summed E-state index contributed by atoms with van der Waals surface area (Å²) in [7, 11) is -3.40. The Morgan fingerprint density at radius 3 is 2.40 bits per heavy atom. The third kappa shape index (κ3) is 4.26. The molecule has 0 radical (unpaired) electrons. The first kappa shape index (κ1) is 21.0. The third-order valence-corrected chi connectivity index (χ3v) is 8.47. The normalized spacial score (nSPS) is 15.0. The van der Waals surface area contributed by atoms with Crippen molar-refractivity contribution >= 4 is 42.6 Å². The van der Waals surface area contributed by atoms with E-state index < -0.39 is 10.0 Å². The maximum absolute atomic E-state index is 12.6. The van der Waals surface area contributed by atoms with Crippen molar-refractivity contribution in [1.82, 2.24) is 9.29 Å². The lowest BCUT2D eigenvalue weighted by Crippen LogP contribution is -2.27. The van der Waals surface area contributed by atoms with Crippen LogP contribution in [0.3, 0.4) is 0 Å². The predicted molar refractivity (Wildman–Crippen MR) is 120 cm³/mol. The first-order valence-electron chi connectivity index (χ1n) is 10.1. The van der Waals surface area contributed by atoms with E-state index in [4.69, 9.17) is 0 Å². The van der Waals surface area contributed by atoms with Gasteiger partial charge in [0.15, 0.2) is 5.13 Å². The number of anilines is 1. The smallest absolute Gasteiger partial charge is 0.243 e. The molecule has 8 heteroatoms. The zero-order valence-electron chi connectivity index (χ0n) is 17.1. The van der Waals surface area contributed by atoms with Crippen molar-refractivity contribution in [3.8, 4) is 0 Å². The monoisotopic (exact) mass is 443 g/mol. The first-order valence-corrected chi connectivity index (χ1v) is 12.4. The Balaban J connectivity index is 1.37. The molecule has 1 amide bonds. The average Bonchev–Trinajstić information content (AvgIpc) is 3.41. The second-order valence-corrected chi connectivity index (χ2v) is 10.6. The number of benzene rings is 2. The molecule has 2 heterocycles. The Hall–Kier alpha value is -2.29. The quantitative estimate of drug-likeness (QED) is 0.617. The molecule has 0 spiro atoms. The van der Waals surface area contributed by atoms with Gasteiger partial charge in [-0.15, -0.1) is 0 Å². The highest BCUT2D eigenvalue weighted by Crippen LogP contribution is 2.31. The molecular formula is C22H25N3O3S2. The van der Waals surface area contributed by atoms with Crippen LogP contribution in [0.5, 0.6) is 0 Å². The number of amides is 1. The maximum atomic E-state index is 12.6. The van der Waals surface area contributed by atoms with Crippen LogP contribution in [0.15, 0.2) is 41.3 Å². The number of fused-ring (bicyclic) bond motifs is 1. The Bertz CT molecular complexity index is 1140. The van der Waals surface area contributed by atoms with Gasteiger partial charge >= 0.3 is 0 Å². The summed E-state index contributed by atoms with van der Waals surface area (Å²) < 4.78 is 27.8. The van der Waals surface area contributed by atoms with Gasteiger partial charge in [-0.25, -0.2) is 13.4 Å². The Kier molecular flexibility index (Phi) is 5.90. The summed E-state index contributed by atoms with van der Waals surface area (Å²) in [5.74, 6) is -0.0990. The van der Waals surface area contributed by atoms with Crippen molar-refractivity contribution in [1.29, 1.82) is 0 Å². The maximum Gasteiger partial charge on any atom is 0.243 e. The van der Waals surface area contributed by atoms with Crippen LogP contribution >= 0.6 is 11.3 Å². The van der Waals surface area contributed by atoms with Crippen LogP contribution in [0.4, 0.5) is 5.13 Å². The number of nitrogens with zero attached hydrogens (tertiary/aromatic N) is 2. The summed E-state index contributed by atoms with van der Waals surface area (Å²) in [6.45, 7) is 5.24. The molecule has 6 nitrogen and oxygen atoms in total. The van der Waals surface area contributed by atoms with E-state index in [0.29, 0.717) is 36.0 Å². The zero-order chi connectivity index (χ0) is 21.3. The molecular weight excluding hydrogens is 418 g/mol. The van der Waals surface area contributed by atoms with Gasteiger partial charge in [0.25, 0.3) is 0 Å². The molecule has 1 aromatic heterocycles. The minimum Gasteiger partial charge on any atom is -0.302 e. The van der Waals surface area contributed by atoms with Crippen LogP contribution in [-0.2, 0) is 21.2 Å². The van der Waals surface area contributed by atoms with Gasteiger partial charge in [0.2, 0.25) is 15.9 Å². The van der Waals surface area contributed by atoms with E-state index in [1.54, 1.807) is 24.3 Å². The number of sulfonamides is 1. The number of rotatable bonds is 6.